The normalized spacial score (nSPS) is 13.8. The molecule has 0 saturated heterocycles. The Balaban J connectivity index is 2.04. The maximum atomic E-state index is 10.4. The fourth-order valence-corrected chi connectivity index (χ4v) is 2.84. The third-order valence-electron chi connectivity index (χ3n) is 3.85. The maximum Gasteiger partial charge on any atom is 0.142 e. The number of rotatable bonds is 2. The summed E-state index contributed by atoms with van der Waals surface area (Å²) >= 11 is 0. The summed E-state index contributed by atoms with van der Waals surface area (Å²) in [5.74, 6) is 0. The van der Waals surface area contributed by atoms with Crippen molar-refractivity contribution in [2.24, 2.45) is 0 Å². The van der Waals surface area contributed by atoms with Crippen molar-refractivity contribution in [1.29, 1.82) is 0 Å². The van der Waals surface area contributed by atoms with Crippen LogP contribution in [0.3, 0.4) is 0 Å². The lowest BCUT2D eigenvalue weighted by atomic mass is 10.0. The largest absolute Gasteiger partial charge is 0.344 e. The molecule has 1 aliphatic heterocycles. The van der Waals surface area contributed by atoms with Crippen molar-refractivity contribution >= 4 is 23.7 Å². The molecule has 20 heavy (non-hydrogen) atoms. The summed E-state index contributed by atoms with van der Waals surface area (Å²) in [6.45, 7) is 0. The predicted molar refractivity (Wildman–Crippen MR) is 83.5 cm³/mol. The monoisotopic (exact) mass is 263 g/mol. The van der Waals surface area contributed by atoms with Crippen molar-refractivity contribution in [2.75, 3.05) is 11.9 Å². The van der Waals surface area contributed by atoms with Crippen molar-refractivity contribution < 1.29 is 4.79 Å². The first-order chi connectivity index (χ1) is 9.79. The van der Waals surface area contributed by atoms with Crippen LogP contribution in [-0.4, -0.2) is 13.3 Å². The molecule has 0 amide bonds. The van der Waals surface area contributed by atoms with Gasteiger partial charge in [-0.1, -0.05) is 30.3 Å². The molecular formula is C18H17NO. The van der Waals surface area contributed by atoms with E-state index >= 15 is 0 Å². The Labute approximate surface area is 119 Å². The molecule has 0 fully saturated rings. The zero-order valence-corrected chi connectivity index (χ0v) is 11.5. The van der Waals surface area contributed by atoms with E-state index in [2.05, 4.69) is 54.4 Å². The van der Waals surface area contributed by atoms with Crippen LogP contribution in [0.15, 0.2) is 48.5 Å². The third-order valence-corrected chi connectivity index (χ3v) is 3.85. The molecule has 0 aliphatic carbocycles. The Kier molecular flexibility index (Phi) is 3.38. The van der Waals surface area contributed by atoms with Gasteiger partial charge in [0, 0.05) is 18.4 Å². The minimum Gasteiger partial charge on any atom is -0.344 e. The zero-order chi connectivity index (χ0) is 13.9. The Bertz CT molecular complexity index is 673. The Morgan fingerprint density at radius 3 is 2.60 bits per heavy atom. The predicted octanol–water partition coefficient (Wildman–Crippen LogP) is 3.77. The van der Waals surface area contributed by atoms with Gasteiger partial charge in [-0.05, 0) is 53.8 Å². The van der Waals surface area contributed by atoms with E-state index < -0.39 is 0 Å². The molecule has 0 spiro atoms. The average Bonchev–Trinajstić information content (AvgIpc) is 2.63. The van der Waals surface area contributed by atoms with Crippen molar-refractivity contribution in [2.45, 2.75) is 12.8 Å². The molecule has 0 saturated carbocycles. The molecule has 0 bridgehead atoms. The molecule has 2 aromatic rings. The standard InChI is InChI=1S/C18H17NO/c1-19-17-7-3-2-6-15(17)9-10-16-13-14(5-4-12-20)8-11-18(16)19/h2-8,11-13H,9-10H2,1H3/b5-4+. The summed E-state index contributed by atoms with van der Waals surface area (Å²) in [7, 11) is 2.11. The van der Waals surface area contributed by atoms with Gasteiger partial charge in [0.15, 0.2) is 0 Å². The Hall–Kier alpha value is -2.35. The summed E-state index contributed by atoms with van der Waals surface area (Å²) in [6.07, 6.45) is 6.28. The minimum absolute atomic E-state index is 0.813. The van der Waals surface area contributed by atoms with Crippen LogP contribution in [0.2, 0.25) is 0 Å². The minimum atomic E-state index is 0.813. The molecule has 1 heterocycles. The molecule has 1 aliphatic rings. The summed E-state index contributed by atoms with van der Waals surface area (Å²) in [4.78, 5) is 12.7. The van der Waals surface area contributed by atoms with Crippen LogP contribution in [-0.2, 0) is 17.6 Å². The maximum absolute atomic E-state index is 10.4. The zero-order valence-electron chi connectivity index (χ0n) is 11.5. The van der Waals surface area contributed by atoms with E-state index in [-0.39, 0.29) is 0 Å². The van der Waals surface area contributed by atoms with E-state index in [1.807, 2.05) is 6.08 Å². The van der Waals surface area contributed by atoms with E-state index in [1.165, 1.54) is 28.6 Å². The lowest BCUT2D eigenvalue weighted by Gasteiger charge is -2.22. The van der Waals surface area contributed by atoms with Crippen LogP contribution in [0.5, 0.6) is 0 Å². The van der Waals surface area contributed by atoms with Gasteiger partial charge >= 0.3 is 0 Å². The van der Waals surface area contributed by atoms with Gasteiger partial charge < -0.3 is 4.90 Å². The van der Waals surface area contributed by atoms with Crippen LogP contribution in [0, 0.1) is 0 Å². The van der Waals surface area contributed by atoms with E-state index in [0.29, 0.717) is 0 Å². The second-order valence-electron chi connectivity index (χ2n) is 5.07. The smallest absolute Gasteiger partial charge is 0.142 e. The SMILES string of the molecule is CN1c2ccccc2CCc2cc(/C=C/C=O)ccc21. The number of hydrogen-bond donors (Lipinski definition) is 0. The molecule has 0 radical (unpaired) electrons. The second-order valence-corrected chi connectivity index (χ2v) is 5.07. The van der Waals surface area contributed by atoms with Crippen LogP contribution in [0.25, 0.3) is 6.08 Å². The number of para-hydroxylation sites is 1. The number of hydrogen-bond acceptors (Lipinski definition) is 2. The Morgan fingerprint density at radius 2 is 1.75 bits per heavy atom. The van der Waals surface area contributed by atoms with Gasteiger partial charge in [-0.15, -0.1) is 0 Å². The first kappa shape index (κ1) is 12.7. The van der Waals surface area contributed by atoms with Crippen LogP contribution in [0.1, 0.15) is 16.7 Å². The highest BCUT2D eigenvalue weighted by molar-refractivity contribution is 5.76. The van der Waals surface area contributed by atoms with Gasteiger partial charge in [0.05, 0.1) is 0 Å². The van der Waals surface area contributed by atoms with Crippen molar-refractivity contribution in [1.82, 2.24) is 0 Å². The van der Waals surface area contributed by atoms with E-state index in [9.17, 15) is 4.79 Å². The second kappa shape index (κ2) is 5.33. The molecule has 0 unspecified atom stereocenters. The molecule has 0 N–H and O–H groups in total. The molecule has 2 heteroatoms. The first-order valence-corrected chi connectivity index (χ1v) is 6.86. The number of benzene rings is 2. The summed E-state index contributed by atoms with van der Waals surface area (Å²) in [5, 5.41) is 0. The van der Waals surface area contributed by atoms with Gasteiger partial charge in [0.1, 0.15) is 6.29 Å². The molecule has 3 rings (SSSR count). The molecule has 0 aromatic heterocycles. The van der Waals surface area contributed by atoms with Gasteiger partial charge in [0.25, 0.3) is 0 Å². The van der Waals surface area contributed by atoms with E-state index in [4.69, 9.17) is 0 Å². The number of aryl methyl sites for hydroxylation is 2. The van der Waals surface area contributed by atoms with Gasteiger partial charge in [-0.25, -0.2) is 0 Å². The quantitative estimate of drug-likeness (QED) is 0.607. The molecule has 0 atom stereocenters. The fraction of sp³-hybridized carbons (Fsp3) is 0.167. The highest BCUT2D eigenvalue weighted by Gasteiger charge is 2.17. The van der Waals surface area contributed by atoms with Gasteiger partial charge in [-0.2, -0.15) is 0 Å². The van der Waals surface area contributed by atoms with Crippen molar-refractivity contribution in [3.05, 3.63) is 65.2 Å². The topological polar surface area (TPSA) is 20.3 Å². The number of carbonyl (C=O) groups is 1. The highest BCUT2D eigenvalue weighted by atomic mass is 16.1. The average molecular weight is 263 g/mol. The first-order valence-electron chi connectivity index (χ1n) is 6.86. The van der Waals surface area contributed by atoms with E-state index in [0.717, 1.165) is 24.7 Å². The summed E-state index contributed by atoms with van der Waals surface area (Å²) in [5.41, 5.74) is 6.32. The molecular weight excluding hydrogens is 246 g/mol. The summed E-state index contributed by atoms with van der Waals surface area (Å²) < 4.78 is 0. The van der Waals surface area contributed by atoms with Gasteiger partial charge in [-0.3, -0.25) is 4.79 Å². The van der Waals surface area contributed by atoms with Gasteiger partial charge in [0.2, 0.25) is 0 Å². The lowest BCUT2D eigenvalue weighted by Crippen LogP contribution is -2.11. The molecule has 2 nitrogen and oxygen atoms in total. The number of allylic oxidation sites excluding steroid dienone is 1. The fourth-order valence-electron chi connectivity index (χ4n) is 2.84. The van der Waals surface area contributed by atoms with Crippen molar-refractivity contribution in [3.63, 3.8) is 0 Å². The van der Waals surface area contributed by atoms with Crippen LogP contribution in [0.4, 0.5) is 11.4 Å². The van der Waals surface area contributed by atoms with Crippen molar-refractivity contribution in [3.8, 4) is 0 Å². The highest BCUT2D eigenvalue weighted by Crippen LogP contribution is 2.35. The number of carbonyl (C=O) groups excluding carboxylic acids is 1. The molecule has 2 aromatic carbocycles. The third kappa shape index (κ3) is 2.25. The molecule has 100 valence electrons. The van der Waals surface area contributed by atoms with E-state index in [1.54, 1.807) is 0 Å². The van der Waals surface area contributed by atoms with Crippen LogP contribution >= 0.6 is 0 Å². The number of nitrogens with zero attached hydrogens (tertiary/aromatic N) is 1. The summed E-state index contributed by atoms with van der Waals surface area (Å²) in [6, 6.07) is 14.9. The number of fused-ring (bicyclic) bond motifs is 2. The number of aldehydes is 1. The number of anilines is 2. The van der Waals surface area contributed by atoms with Crippen LogP contribution < -0.4 is 4.90 Å². The Morgan fingerprint density at radius 1 is 1.00 bits per heavy atom. The lowest BCUT2D eigenvalue weighted by molar-refractivity contribution is -0.104.